The fourth-order valence-electron chi connectivity index (χ4n) is 3.31. The Morgan fingerprint density at radius 2 is 1.87 bits per heavy atom. The Bertz CT molecular complexity index is 842. The highest BCUT2D eigenvalue weighted by Gasteiger charge is 2.12. The van der Waals surface area contributed by atoms with Crippen molar-refractivity contribution in [2.75, 3.05) is 23.3 Å². The molecule has 0 aliphatic rings. The summed E-state index contributed by atoms with van der Waals surface area (Å²) in [5.41, 5.74) is 9.80. The first-order chi connectivity index (χ1) is 14.3. The number of halogens is 1. The van der Waals surface area contributed by atoms with Gasteiger partial charge in [0, 0.05) is 42.6 Å². The Balaban J connectivity index is 2.15. The molecule has 30 heavy (non-hydrogen) atoms. The first-order valence-corrected chi connectivity index (χ1v) is 11.0. The molecule has 0 aliphatic heterocycles. The molecule has 0 radical (unpaired) electrons. The molecular weight excluding hydrogens is 400 g/mol. The van der Waals surface area contributed by atoms with Crippen LogP contribution in [0.15, 0.2) is 36.4 Å². The Hall–Kier alpha value is -2.31. The molecule has 2 aromatic rings. The van der Waals surface area contributed by atoms with Crippen LogP contribution in [-0.2, 0) is 0 Å². The molecular formula is C23H33ClN4O2. The third kappa shape index (κ3) is 7.18. The predicted octanol–water partition coefficient (Wildman–Crippen LogP) is 6.42. The van der Waals surface area contributed by atoms with Gasteiger partial charge in [-0.25, -0.2) is 0 Å². The first-order valence-electron chi connectivity index (χ1n) is 10.6. The summed E-state index contributed by atoms with van der Waals surface area (Å²) in [5.74, 6) is 0. The van der Waals surface area contributed by atoms with E-state index in [1.54, 1.807) is 6.07 Å². The Kier molecular flexibility index (Phi) is 9.40. The third-order valence-electron chi connectivity index (χ3n) is 5.14. The molecule has 0 spiro atoms. The van der Waals surface area contributed by atoms with Gasteiger partial charge < -0.3 is 16.0 Å². The molecule has 2 rings (SSSR count). The molecule has 0 amide bonds. The molecule has 1 unspecified atom stereocenters. The van der Waals surface area contributed by atoms with Crippen LogP contribution in [0.2, 0.25) is 5.02 Å². The van der Waals surface area contributed by atoms with Crippen LogP contribution in [0.25, 0.3) is 0 Å². The van der Waals surface area contributed by atoms with Crippen LogP contribution in [-0.4, -0.2) is 24.1 Å². The van der Waals surface area contributed by atoms with Gasteiger partial charge in [0.15, 0.2) is 0 Å². The van der Waals surface area contributed by atoms with Crippen molar-refractivity contribution in [2.24, 2.45) is 5.73 Å². The predicted molar refractivity (Wildman–Crippen MR) is 127 cm³/mol. The summed E-state index contributed by atoms with van der Waals surface area (Å²) in [7, 11) is 0. The number of nitro groups is 1. The zero-order chi connectivity index (χ0) is 22.1. The number of unbranched alkanes of at least 4 members (excludes halogenated alkanes) is 3. The minimum absolute atomic E-state index is 0.0227. The van der Waals surface area contributed by atoms with E-state index in [2.05, 4.69) is 29.3 Å². The lowest BCUT2D eigenvalue weighted by atomic mass is 10.1. The zero-order valence-electron chi connectivity index (χ0n) is 18.2. The number of rotatable bonds is 12. The monoisotopic (exact) mass is 432 g/mol. The summed E-state index contributed by atoms with van der Waals surface area (Å²) in [4.78, 5) is 12.9. The minimum Gasteiger partial charge on any atom is -0.371 e. The number of nitrogens with two attached hydrogens (primary N) is 1. The molecule has 164 valence electrons. The van der Waals surface area contributed by atoms with Crippen molar-refractivity contribution in [3.63, 3.8) is 0 Å². The van der Waals surface area contributed by atoms with Gasteiger partial charge in [0.05, 0.1) is 15.6 Å². The van der Waals surface area contributed by atoms with E-state index in [9.17, 15) is 10.1 Å². The number of nitrogens with zero attached hydrogens (tertiary/aromatic N) is 2. The van der Waals surface area contributed by atoms with Crippen molar-refractivity contribution < 1.29 is 4.92 Å². The molecule has 0 aromatic heterocycles. The first kappa shape index (κ1) is 24.0. The lowest BCUT2D eigenvalue weighted by Gasteiger charge is -2.27. The summed E-state index contributed by atoms with van der Waals surface area (Å²) < 4.78 is 0. The SMILES string of the molecule is CCCCCCN(CCC(C)N)c1ccc(Nc2ccc([N+](=O)[O-])cc2Cl)c(C)c1. The summed E-state index contributed by atoms with van der Waals surface area (Å²) in [6.07, 6.45) is 5.85. The van der Waals surface area contributed by atoms with Crippen molar-refractivity contribution in [2.45, 2.75) is 58.9 Å². The molecule has 1 atom stereocenters. The van der Waals surface area contributed by atoms with Gasteiger partial charge in [-0.05, 0) is 56.5 Å². The number of aryl methyl sites for hydroxylation is 1. The maximum absolute atomic E-state index is 10.9. The van der Waals surface area contributed by atoms with Crippen LogP contribution in [0.4, 0.5) is 22.7 Å². The molecule has 0 saturated carbocycles. The zero-order valence-corrected chi connectivity index (χ0v) is 18.9. The van der Waals surface area contributed by atoms with E-state index in [1.807, 2.05) is 19.9 Å². The second-order valence-electron chi connectivity index (χ2n) is 7.86. The van der Waals surface area contributed by atoms with Crippen molar-refractivity contribution >= 4 is 34.4 Å². The van der Waals surface area contributed by atoms with Crippen LogP contribution in [0.1, 0.15) is 51.5 Å². The number of nitrogens with one attached hydrogen (secondary N) is 1. The third-order valence-corrected chi connectivity index (χ3v) is 5.46. The number of benzene rings is 2. The minimum atomic E-state index is -0.451. The van der Waals surface area contributed by atoms with Crippen molar-refractivity contribution in [1.29, 1.82) is 0 Å². The van der Waals surface area contributed by atoms with Crippen LogP contribution in [0, 0.1) is 17.0 Å². The van der Waals surface area contributed by atoms with E-state index in [0.29, 0.717) is 10.7 Å². The summed E-state index contributed by atoms with van der Waals surface area (Å²) in [6, 6.07) is 10.9. The van der Waals surface area contributed by atoms with Gasteiger partial charge in [0.1, 0.15) is 0 Å². The normalized spacial score (nSPS) is 11.9. The fraction of sp³-hybridized carbons (Fsp3) is 0.478. The molecule has 0 bridgehead atoms. The van der Waals surface area contributed by atoms with E-state index in [0.717, 1.165) is 30.8 Å². The second kappa shape index (κ2) is 11.8. The molecule has 3 N–H and O–H groups in total. The molecule has 7 heteroatoms. The van der Waals surface area contributed by atoms with Gasteiger partial charge in [-0.3, -0.25) is 10.1 Å². The van der Waals surface area contributed by atoms with Crippen molar-refractivity contribution in [3.8, 4) is 0 Å². The number of hydrogen-bond acceptors (Lipinski definition) is 5. The van der Waals surface area contributed by atoms with E-state index in [1.165, 1.54) is 43.5 Å². The van der Waals surface area contributed by atoms with E-state index in [4.69, 9.17) is 17.3 Å². The Morgan fingerprint density at radius 3 is 2.47 bits per heavy atom. The fourth-order valence-corrected chi connectivity index (χ4v) is 3.53. The standard InChI is InChI=1S/C23H33ClN4O2/c1-4-5-6-7-13-27(14-12-18(3)25)19-8-10-22(17(2)15-19)26-23-11-9-20(28(29)30)16-21(23)24/h8-11,15-16,18,26H,4-7,12-14,25H2,1-3H3. The smallest absolute Gasteiger partial charge is 0.271 e. The van der Waals surface area contributed by atoms with Crippen LogP contribution >= 0.6 is 11.6 Å². The molecule has 6 nitrogen and oxygen atoms in total. The number of anilines is 3. The second-order valence-corrected chi connectivity index (χ2v) is 8.27. The van der Waals surface area contributed by atoms with Gasteiger partial charge >= 0.3 is 0 Å². The highest BCUT2D eigenvalue weighted by atomic mass is 35.5. The van der Waals surface area contributed by atoms with Crippen LogP contribution in [0.3, 0.4) is 0 Å². The summed E-state index contributed by atoms with van der Waals surface area (Å²) in [5, 5.41) is 14.5. The van der Waals surface area contributed by atoms with Gasteiger partial charge in [0.2, 0.25) is 0 Å². The highest BCUT2D eigenvalue weighted by Crippen LogP contribution is 2.32. The van der Waals surface area contributed by atoms with Gasteiger partial charge in [0.25, 0.3) is 5.69 Å². The topological polar surface area (TPSA) is 84.4 Å². The largest absolute Gasteiger partial charge is 0.371 e. The average Bonchev–Trinajstić information content (AvgIpc) is 2.70. The quantitative estimate of drug-likeness (QED) is 0.229. The maximum Gasteiger partial charge on any atom is 0.271 e. The number of nitro benzene ring substituents is 1. The van der Waals surface area contributed by atoms with Crippen LogP contribution < -0.4 is 16.0 Å². The summed E-state index contributed by atoms with van der Waals surface area (Å²) >= 11 is 6.22. The van der Waals surface area contributed by atoms with Crippen molar-refractivity contribution in [1.82, 2.24) is 0 Å². The van der Waals surface area contributed by atoms with Gasteiger partial charge in [-0.1, -0.05) is 37.8 Å². The summed E-state index contributed by atoms with van der Waals surface area (Å²) in [6.45, 7) is 8.27. The number of non-ortho nitro benzene ring substituents is 1. The molecule has 2 aromatic carbocycles. The maximum atomic E-state index is 10.9. The Morgan fingerprint density at radius 1 is 1.13 bits per heavy atom. The van der Waals surface area contributed by atoms with E-state index >= 15 is 0 Å². The van der Waals surface area contributed by atoms with Gasteiger partial charge in [-0.2, -0.15) is 0 Å². The highest BCUT2D eigenvalue weighted by molar-refractivity contribution is 6.33. The lowest BCUT2D eigenvalue weighted by Crippen LogP contribution is -2.30. The van der Waals surface area contributed by atoms with Gasteiger partial charge in [-0.15, -0.1) is 0 Å². The lowest BCUT2D eigenvalue weighted by molar-refractivity contribution is -0.384. The Labute approximate surface area is 184 Å². The molecule has 0 aliphatic carbocycles. The van der Waals surface area contributed by atoms with E-state index in [-0.39, 0.29) is 11.7 Å². The number of hydrogen-bond donors (Lipinski definition) is 2. The molecule has 0 saturated heterocycles. The van der Waals surface area contributed by atoms with Crippen LogP contribution in [0.5, 0.6) is 0 Å². The average molecular weight is 433 g/mol. The van der Waals surface area contributed by atoms with Crippen molar-refractivity contribution in [3.05, 3.63) is 57.1 Å². The van der Waals surface area contributed by atoms with E-state index < -0.39 is 4.92 Å². The molecule has 0 fully saturated rings. The molecule has 0 heterocycles.